The zero-order valence-electron chi connectivity index (χ0n) is 10.8. The topological polar surface area (TPSA) is 65.8 Å². The third kappa shape index (κ3) is 4.07. The van der Waals surface area contributed by atoms with Gasteiger partial charge < -0.3 is 5.32 Å². The van der Waals surface area contributed by atoms with Crippen molar-refractivity contribution in [3.63, 3.8) is 0 Å². The lowest BCUT2D eigenvalue weighted by molar-refractivity contribution is -0.116. The largest absolute Gasteiger partial charge is 0.348 e. The number of carbonyl (C=O) groups is 1. The second-order valence-electron chi connectivity index (χ2n) is 4.14. The van der Waals surface area contributed by atoms with Crippen LogP contribution >= 0.6 is 0 Å². The van der Waals surface area contributed by atoms with E-state index in [1.807, 2.05) is 24.3 Å². The van der Waals surface area contributed by atoms with Gasteiger partial charge in [-0.2, -0.15) is 5.26 Å². The Kier molecular flexibility index (Phi) is 4.63. The molecule has 0 spiro atoms. The van der Waals surface area contributed by atoms with E-state index in [4.69, 9.17) is 5.26 Å². The van der Waals surface area contributed by atoms with Crippen LogP contribution in [0, 0.1) is 11.3 Å². The van der Waals surface area contributed by atoms with Crippen molar-refractivity contribution in [2.24, 2.45) is 0 Å². The van der Waals surface area contributed by atoms with E-state index in [9.17, 15) is 4.79 Å². The summed E-state index contributed by atoms with van der Waals surface area (Å²) >= 11 is 0. The van der Waals surface area contributed by atoms with Crippen molar-refractivity contribution in [2.75, 3.05) is 0 Å². The standard InChI is InChI=1S/C16H13N3O/c17-11-14-1-3-15(4-2-14)12-19-16(20)6-5-13-7-9-18-10-8-13/h1-10H,12H2,(H,19,20)/b6-5+. The number of amides is 1. The number of hydrogen-bond acceptors (Lipinski definition) is 3. The number of benzene rings is 1. The lowest BCUT2D eigenvalue weighted by atomic mass is 10.1. The van der Waals surface area contributed by atoms with Crippen LogP contribution in [0.4, 0.5) is 0 Å². The number of hydrogen-bond donors (Lipinski definition) is 1. The van der Waals surface area contributed by atoms with Gasteiger partial charge in [-0.25, -0.2) is 0 Å². The number of pyridine rings is 1. The molecule has 0 saturated heterocycles. The maximum atomic E-state index is 11.6. The molecule has 1 aromatic heterocycles. The predicted molar refractivity (Wildman–Crippen MR) is 76.3 cm³/mol. The normalized spacial score (nSPS) is 10.2. The van der Waals surface area contributed by atoms with E-state index < -0.39 is 0 Å². The summed E-state index contributed by atoms with van der Waals surface area (Å²) in [5.41, 5.74) is 2.49. The van der Waals surface area contributed by atoms with E-state index >= 15 is 0 Å². The summed E-state index contributed by atoms with van der Waals surface area (Å²) in [6.07, 6.45) is 6.57. The SMILES string of the molecule is N#Cc1ccc(CNC(=O)/C=C/c2ccncc2)cc1. The van der Waals surface area contributed by atoms with Crippen LogP contribution in [0.25, 0.3) is 6.08 Å². The number of nitriles is 1. The molecule has 0 aliphatic carbocycles. The van der Waals surface area contributed by atoms with Crippen LogP contribution in [0.2, 0.25) is 0 Å². The minimum atomic E-state index is -0.161. The minimum absolute atomic E-state index is 0.161. The molecule has 0 aliphatic rings. The molecular formula is C16H13N3O. The number of carbonyl (C=O) groups excluding carboxylic acids is 1. The van der Waals surface area contributed by atoms with E-state index in [1.54, 1.807) is 30.6 Å². The summed E-state index contributed by atoms with van der Waals surface area (Å²) in [6, 6.07) is 12.8. The van der Waals surface area contributed by atoms with E-state index in [2.05, 4.69) is 16.4 Å². The molecule has 0 bridgehead atoms. The first-order valence-corrected chi connectivity index (χ1v) is 6.13. The smallest absolute Gasteiger partial charge is 0.244 e. The molecule has 1 N–H and O–H groups in total. The second kappa shape index (κ2) is 6.86. The van der Waals surface area contributed by atoms with Crippen molar-refractivity contribution in [3.05, 3.63) is 71.6 Å². The van der Waals surface area contributed by atoms with Crippen LogP contribution in [-0.2, 0) is 11.3 Å². The molecule has 1 amide bonds. The molecule has 20 heavy (non-hydrogen) atoms. The third-order valence-corrected chi connectivity index (χ3v) is 2.68. The van der Waals surface area contributed by atoms with Gasteiger partial charge in [0, 0.05) is 25.0 Å². The Morgan fingerprint density at radius 3 is 2.55 bits per heavy atom. The van der Waals surface area contributed by atoms with E-state index in [0.717, 1.165) is 11.1 Å². The van der Waals surface area contributed by atoms with Crippen LogP contribution in [0.1, 0.15) is 16.7 Å². The Balaban J connectivity index is 1.86. The summed E-state index contributed by atoms with van der Waals surface area (Å²) in [4.78, 5) is 15.6. The van der Waals surface area contributed by atoms with Gasteiger partial charge in [0.15, 0.2) is 0 Å². The first-order valence-electron chi connectivity index (χ1n) is 6.13. The van der Waals surface area contributed by atoms with E-state index in [-0.39, 0.29) is 5.91 Å². The Bertz CT molecular complexity index is 640. The van der Waals surface area contributed by atoms with Gasteiger partial charge in [0.25, 0.3) is 0 Å². The predicted octanol–water partition coefficient (Wildman–Crippen LogP) is 2.28. The van der Waals surface area contributed by atoms with Crippen molar-refractivity contribution in [1.29, 1.82) is 5.26 Å². The van der Waals surface area contributed by atoms with Crippen molar-refractivity contribution in [3.8, 4) is 6.07 Å². The molecular weight excluding hydrogens is 250 g/mol. The fourth-order valence-corrected chi connectivity index (χ4v) is 1.59. The number of nitrogens with one attached hydrogen (secondary N) is 1. The molecule has 0 radical (unpaired) electrons. The minimum Gasteiger partial charge on any atom is -0.348 e. The zero-order chi connectivity index (χ0) is 14.2. The van der Waals surface area contributed by atoms with Crippen LogP contribution in [0.5, 0.6) is 0 Å². The molecule has 1 heterocycles. The highest BCUT2D eigenvalue weighted by molar-refractivity contribution is 5.91. The van der Waals surface area contributed by atoms with Gasteiger partial charge in [0.2, 0.25) is 5.91 Å². The molecule has 0 unspecified atom stereocenters. The van der Waals surface area contributed by atoms with Gasteiger partial charge in [-0.1, -0.05) is 12.1 Å². The van der Waals surface area contributed by atoms with Crippen molar-refractivity contribution >= 4 is 12.0 Å². The summed E-state index contributed by atoms with van der Waals surface area (Å²) in [5.74, 6) is -0.161. The van der Waals surface area contributed by atoms with Gasteiger partial charge in [-0.05, 0) is 41.5 Å². The Labute approximate surface area is 117 Å². The molecule has 0 saturated carbocycles. The summed E-state index contributed by atoms with van der Waals surface area (Å²) in [6.45, 7) is 0.436. The summed E-state index contributed by atoms with van der Waals surface area (Å²) in [5, 5.41) is 11.5. The molecule has 0 aliphatic heterocycles. The van der Waals surface area contributed by atoms with Gasteiger partial charge in [-0.15, -0.1) is 0 Å². The molecule has 1 aromatic carbocycles. The van der Waals surface area contributed by atoms with Gasteiger partial charge >= 0.3 is 0 Å². The molecule has 2 aromatic rings. The zero-order valence-corrected chi connectivity index (χ0v) is 10.8. The highest BCUT2D eigenvalue weighted by Crippen LogP contribution is 2.03. The quantitative estimate of drug-likeness (QED) is 0.861. The average molecular weight is 263 g/mol. The highest BCUT2D eigenvalue weighted by atomic mass is 16.1. The second-order valence-corrected chi connectivity index (χ2v) is 4.14. The molecule has 2 rings (SSSR count). The molecule has 98 valence electrons. The average Bonchev–Trinajstić information content (AvgIpc) is 2.52. The molecule has 4 heteroatoms. The third-order valence-electron chi connectivity index (χ3n) is 2.68. The number of aromatic nitrogens is 1. The Morgan fingerprint density at radius 2 is 1.90 bits per heavy atom. The summed E-state index contributed by atoms with van der Waals surface area (Å²) in [7, 11) is 0. The van der Waals surface area contributed by atoms with Gasteiger partial charge in [-0.3, -0.25) is 9.78 Å². The first kappa shape index (κ1) is 13.5. The maximum absolute atomic E-state index is 11.6. The van der Waals surface area contributed by atoms with E-state index in [0.29, 0.717) is 12.1 Å². The Morgan fingerprint density at radius 1 is 1.20 bits per heavy atom. The first-order chi connectivity index (χ1) is 9.78. The summed E-state index contributed by atoms with van der Waals surface area (Å²) < 4.78 is 0. The van der Waals surface area contributed by atoms with Crippen LogP contribution in [0.15, 0.2) is 54.9 Å². The van der Waals surface area contributed by atoms with Crippen molar-refractivity contribution < 1.29 is 4.79 Å². The number of nitrogens with zero attached hydrogens (tertiary/aromatic N) is 2. The van der Waals surface area contributed by atoms with Crippen LogP contribution in [-0.4, -0.2) is 10.9 Å². The van der Waals surface area contributed by atoms with Crippen molar-refractivity contribution in [1.82, 2.24) is 10.3 Å². The fourth-order valence-electron chi connectivity index (χ4n) is 1.59. The van der Waals surface area contributed by atoms with Gasteiger partial charge in [0.1, 0.15) is 0 Å². The Hall–Kier alpha value is -2.93. The van der Waals surface area contributed by atoms with E-state index in [1.165, 1.54) is 6.08 Å². The van der Waals surface area contributed by atoms with Gasteiger partial charge in [0.05, 0.1) is 11.6 Å². The fraction of sp³-hybridized carbons (Fsp3) is 0.0625. The number of rotatable bonds is 4. The molecule has 0 atom stereocenters. The van der Waals surface area contributed by atoms with Crippen LogP contribution in [0.3, 0.4) is 0 Å². The van der Waals surface area contributed by atoms with Crippen LogP contribution < -0.4 is 5.32 Å². The highest BCUT2D eigenvalue weighted by Gasteiger charge is 1.97. The molecule has 4 nitrogen and oxygen atoms in total. The monoisotopic (exact) mass is 263 g/mol. The van der Waals surface area contributed by atoms with Crippen molar-refractivity contribution in [2.45, 2.75) is 6.54 Å². The lowest BCUT2D eigenvalue weighted by Crippen LogP contribution is -2.20. The molecule has 0 fully saturated rings. The maximum Gasteiger partial charge on any atom is 0.244 e. The lowest BCUT2D eigenvalue weighted by Gasteiger charge is -2.02.